The average Bonchev–Trinajstić information content (AvgIpc) is 2.64. The molecule has 27 heavy (non-hydrogen) atoms. The van der Waals surface area contributed by atoms with E-state index in [9.17, 15) is 9.59 Å². The fraction of sp³-hybridized carbons (Fsp3) is 0.619. The van der Waals surface area contributed by atoms with Crippen molar-refractivity contribution in [3.8, 4) is 0 Å². The minimum Gasteiger partial charge on any atom is -0.352 e. The number of nitrogens with zero attached hydrogens (tertiary/aromatic N) is 2. The van der Waals surface area contributed by atoms with Crippen LogP contribution in [-0.4, -0.2) is 66.9 Å². The lowest BCUT2D eigenvalue weighted by atomic mass is 10.1. The van der Waals surface area contributed by atoms with Gasteiger partial charge in [0.25, 0.3) is 0 Å². The second kappa shape index (κ2) is 11.0. The topological polar surface area (TPSA) is 64.7 Å². The van der Waals surface area contributed by atoms with Crippen molar-refractivity contribution in [3.05, 3.63) is 29.8 Å². The Morgan fingerprint density at radius 3 is 2.41 bits per heavy atom. The van der Waals surface area contributed by atoms with Gasteiger partial charge in [0.15, 0.2) is 0 Å². The molecule has 0 radical (unpaired) electrons. The number of para-hydroxylation sites is 1. The van der Waals surface area contributed by atoms with Crippen molar-refractivity contribution in [2.45, 2.75) is 46.1 Å². The van der Waals surface area contributed by atoms with Gasteiger partial charge in [-0.05, 0) is 50.9 Å². The molecule has 1 aromatic carbocycles. The van der Waals surface area contributed by atoms with E-state index >= 15 is 0 Å². The van der Waals surface area contributed by atoms with E-state index in [1.54, 1.807) is 0 Å². The molecule has 1 aliphatic rings. The number of likely N-dealkylation sites (tertiary alicyclic amines) is 1. The number of amides is 2. The van der Waals surface area contributed by atoms with Crippen LogP contribution in [0.4, 0.5) is 5.69 Å². The number of nitrogens with one attached hydrogen (secondary N) is 2. The Labute approximate surface area is 163 Å². The molecule has 0 unspecified atom stereocenters. The van der Waals surface area contributed by atoms with Crippen LogP contribution in [0, 0.1) is 6.92 Å². The molecule has 6 nitrogen and oxygen atoms in total. The first kappa shape index (κ1) is 21.4. The molecule has 0 bridgehead atoms. The Balaban J connectivity index is 1.81. The van der Waals surface area contributed by atoms with Crippen LogP contribution in [-0.2, 0) is 9.59 Å². The first-order valence-corrected chi connectivity index (χ1v) is 10.1. The molecule has 2 rings (SSSR count). The minimum atomic E-state index is -0.0817. The van der Waals surface area contributed by atoms with Gasteiger partial charge in [-0.3, -0.25) is 14.5 Å². The number of piperidine rings is 1. The van der Waals surface area contributed by atoms with Gasteiger partial charge in [-0.2, -0.15) is 0 Å². The van der Waals surface area contributed by atoms with Gasteiger partial charge in [0.05, 0.1) is 13.1 Å². The molecule has 2 amide bonds. The first-order valence-electron chi connectivity index (χ1n) is 10.1. The highest BCUT2D eigenvalue weighted by molar-refractivity contribution is 5.93. The molecular weight excluding hydrogens is 340 g/mol. The lowest BCUT2D eigenvalue weighted by Gasteiger charge is -2.32. The van der Waals surface area contributed by atoms with Crippen molar-refractivity contribution in [1.82, 2.24) is 15.1 Å². The molecule has 2 N–H and O–H groups in total. The Bertz CT molecular complexity index is 612. The van der Waals surface area contributed by atoms with E-state index in [0.29, 0.717) is 0 Å². The third-order valence-electron chi connectivity index (χ3n) is 5.09. The van der Waals surface area contributed by atoms with Gasteiger partial charge in [0.2, 0.25) is 11.8 Å². The monoisotopic (exact) mass is 374 g/mol. The Hall–Kier alpha value is -1.92. The van der Waals surface area contributed by atoms with E-state index < -0.39 is 0 Å². The molecule has 0 saturated carbocycles. The molecule has 0 aliphatic carbocycles. The van der Waals surface area contributed by atoms with Crippen LogP contribution in [0.1, 0.15) is 38.7 Å². The quantitative estimate of drug-likeness (QED) is 0.696. The average molecular weight is 375 g/mol. The molecular formula is C21H34N4O2. The smallest absolute Gasteiger partial charge is 0.238 e. The van der Waals surface area contributed by atoms with Crippen molar-refractivity contribution < 1.29 is 9.59 Å². The molecule has 0 atom stereocenters. The summed E-state index contributed by atoms with van der Waals surface area (Å²) in [6.45, 7) is 10.6. The zero-order valence-electron chi connectivity index (χ0n) is 17.0. The summed E-state index contributed by atoms with van der Waals surface area (Å²) in [5, 5.41) is 6.09. The van der Waals surface area contributed by atoms with E-state index in [4.69, 9.17) is 0 Å². The minimum absolute atomic E-state index is 0.0158. The first-order chi connectivity index (χ1) is 13.0. The number of rotatable bonds is 9. The lowest BCUT2D eigenvalue weighted by Crippen LogP contribution is -2.48. The van der Waals surface area contributed by atoms with E-state index in [2.05, 4.69) is 29.4 Å². The molecule has 0 aromatic heterocycles. The van der Waals surface area contributed by atoms with Crippen LogP contribution in [0.3, 0.4) is 0 Å². The van der Waals surface area contributed by atoms with Gasteiger partial charge >= 0.3 is 0 Å². The highest BCUT2D eigenvalue weighted by Crippen LogP contribution is 2.13. The summed E-state index contributed by atoms with van der Waals surface area (Å²) in [4.78, 5) is 29.2. The van der Waals surface area contributed by atoms with E-state index in [1.165, 1.54) is 0 Å². The molecule has 0 spiro atoms. The zero-order chi connectivity index (χ0) is 19.6. The van der Waals surface area contributed by atoms with Crippen LogP contribution < -0.4 is 10.6 Å². The van der Waals surface area contributed by atoms with Crippen molar-refractivity contribution in [3.63, 3.8) is 0 Å². The number of anilines is 1. The zero-order valence-corrected chi connectivity index (χ0v) is 17.0. The summed E-state index contributed by atoms with van der Waals surface area (Å²) in [6.07, 6.45) is 2.90. The summed E-state index contributed by atoms with van der Waals surface area (Å²) in [5.74, 6) is -0.0658. The maximum absolute atomic E-state index is 12.4. The molecule has 6 heteroatoms. The summed E-state index contributed by atoms with van der Waals surface area (Å²) in [7, 11) is 0. The molecule has 1 fully saturated rings. The number of benzene rings is 1. The number of hydrogen-bond acceptors (Lipinski definition) is 4. The molecule has 1 heterocycles. The van der Waals surface area contributed by atoms with Crippen molar-refractivity contribution in [1.29, 1.82) is 0 Å². The van der Waals surface area contributed by atoms with Crippen molar-refractivity contribution >= 4 is 17.5 Å². The van der Waals surface area contributed by atoms with Gasteiger partial charge in [-0.25, -0.2) is 0 Å². The second-order valence-electron chi connectivity index (χ2n) is 7.35. The van der Waals surface area contributed by atoms with Crippen LogP contribution in [0.15, 0.2) is 24.3 Å². The highest BCUT2D eigenvalue weighted by atomic mass is 16.2. The molecule has 1 aliphatic heterocycles. The molecule has 150 valence electrons. The molecule has 1 saturated heterocycles. The normalized spacial score (nSPS) is 15.7. The SMILES string of the molecule is CCCN(CC(=O)Nc1ccccc1C)CC(=O)NC1CCN(CC)CC1. The number of hydrogen-bond donors (Lipinski definition) is 2. The van der Waals surface area contributed by atoms with Crippen molar-refractivity contribution in [2.75, 3.05) is 44.6 Å². The number of carbonyl (C=O) groups is 2. The maximum atomic E-state index is 12.4. The van der Waals surface area contributed by atoms with Crippen LogP contribution >= 0.6 is 0 Å². The lowest BCUT2D eigenvalue weighted by molar-refractivity contribution is -0.124. The summed E-state index contributed by atoms with van der Waals surface area (Å²) < 4.78 is 0. The van der Waals surface area contributed by atoms with E-state index in [-0.39, 0.29) is 30.9 Å². The third kappa shape index (κ3) is 7.31. The number of carbonyl (C=O) groups excluding carboxylic acids is 2. The number of aryl methyl sites for hydroxylation is 1. The third-order valence-corrected chi connectivity index (χ3v) is 5.09. The maximum Gasteiger partial charge on any atom is 0.238 e. The van der Waals surface area contributed by atoms with Gasteiger partial charge in [0.1, 0.15) is 0 Å². The van der Waals surface area contributed by atoms with Crippen molar-refractivity contribution in [2.24, 2.45) is 0 Å². The van der Waals surface area contributed by atoms with Crippen LogP contribution in [0.5, 0.6) is 0 Å². The van der Waals surface area contributed by atoms with E-state index in [0.717, 1.165) is 56.7 Å². The highest BCUT2D eigenvalue weighted by Gasteiger charge is 2.21. The fourth-order valence-corrected chi connectivity index (χ4v) is 3.51. The van der Waals surface area contributed by atoms with E-state index in [1.807, 2.05) is 36.1 Å². The Kier molecular flexibility index (Phi) is 8.75. The summed E-state index contributed by atoms with van der Waals surface area (Å²) >= 11 is 0. The summed E-state index contributed by atoms with van der Waals surface area (Å²) in [6, 6.07) is 7.97. The van der Waals surface area contributed by atoms with Gasteiger partial charge in [-0.1, -0.05) is 32.0 Å². The van der Waals surface area contributed by atoms with Gasteiger partial charge in [0, 0.05) is 24.8 Å². The fourth-order valence-electron chi connectivity index (χ4n) is 3.51. The second-order valence-corrected chi connectivity index (χ2v) is 7.35. The Morgan fingerprint density at radius 1 is 1.11 bits per heavy atom. The Morgan fingerprint density at radius 2 is 1.78 bits per heavy atom. The van der Waals surface area contributed by atoms with Gasteiger partial charge in [-0.15, -0.1) is 0 Å². The van der Waals surface area contributed by atoms with Gasteiger partial charge < -0.3 is 15.5 Å². The van der Waals surface area contributed by atoms with Crippen LogP contribution in [0.2, 0.25) is 0 Å². The molecule has 1 aromatic rings. The van der Waals surface area contributed by atoms with Crippen LogP contribution in [0.25, 0.3) is 0 Å². The predicted molar refractivity (Wildman–Crippen MR) is 110 cm³/mol. The summed E-state index contributed by atoms with van der Waals surface area (Å²) in [5.41, 5.74) is 1.86. The largest absolute Gasteiger partial charge is 0.352 e. The predicted octanol–water partition coefficient (Wildman–Crippen LogP) is 2.25. The standard InChI is InChI=1S/C21H34N4O2/c1-4-12-25(16-21(27)23-19-9-7-6-8-17(19)3)15-20(26)22-18-10-13-24(5-2)14-11-18/h6-9,18H,4-5,10-16H2,1-3H3,(H,22,26)(H,23,27).